The van der Waals surface area contributed by atoms with E-state index in [0.717, 1.165) is 27.4 Å². The summed E-state index contributed by atoms with van der Waals surface area (Å²) in [5.74, 6) is 0.0460. The number of anilines is 1. The van der Waals surface area contributed by atoms with E-state index in [4.69, 9.17) is 9.47 Å². The first-order valence-corrected chi connectivity index (χ1v) is 13.5. The number of thioether (sulfide) groups is 1. The minimum atomic E-state index is -0.360. The molecule has 7 nitrogen and oxygen atoms in total. The van der Waals surface area contributed by atoms with Crippen molar-refractivity contribution in [3.8, 4) is 11.5 Å². The molecule has 37 heavy (non-hydrogen) atoms. The summed E-state index contributed by atoms with van der Waals surface area (Å²) in [4.78, 5) is 39.4. The molecule has 190 valence electrons. The maximum absolute atomic E-state index is 12.9. The van der Waals surface area contributed by atoms with Gasteiger partial charge in [-0.15, -0.1) is 0 Å². The van der Waals surface area contributed by atoms with Gasteiger partial charge in [0.1, 0.15) is 0 Å². The van der Waals surface area contributed by atoms with Gasteiger partial charge in [0.2, 0.25) is 0 Å². The van der Waals surface area contributed by atoms with Gasteiger partial charge in [-0.2, -0.15) is 0 Å². The van der Waals surface area contributed by atoms with Crippen LogP contribution in [0.4, 0.5) is 10.5 Å². The van der Waals surface area contributed by atoms with Gasteiger partial charge in [-0.05, 0) is 93.8 Å². The highest BCUT2D eigenvalue weighted by molar-refractivity contribution is 9.10. The molecule has 3 aromatic carbocycles. The molecule has 4 rings (SSSR count). The first-order chi connectivity index (χ1) is 17.7. The fraction of sp³-hybridized carbons (Fsp3) is 0.148. The van der Waals surface area contributed by atoms with Crippen molar-refractivity contribution >= 4 is 72.4 Å². The summed E-state index contributed by atoms with van der Waals surface area (Å²) in [6, 6.07) is 18.3. The van der Waals surface area contributed by atoms with E-state index in [1.807, 2.05) is 49.4 Å². The summed E-state index contributed by atoms with van der Waals surface area (Å²) in [5.41, 5.74) is 3.20. The maximum atomic E-state index is 12.9. The number of imide groups is 1. The highest BCUT2D eigenvalue weighted by Gasteiger charge is 2.35. The van der Waals surface area contributed by atoms with Gasteiger partial charge in [-0.3, -0.25) is 19.3 Å². The van der Waals surface area contributed by atoms with Crippen molar-refractivity contribution < 1.29 is 23.9 Å². The molecule has 3 aromatic rings. The van der Waals surface area contributed by atoms with Gasteiger partial charge in [0, 0.05) is 10.2 Å². The van der Waals surface area contributed by atoms with Crippen LogP contribution in [0.5, 0.6) is 11.5 Å². The summed E-state index contributed by atoms with van der Waals surface area (Å²) >= 11 is 7.73. The van der Waals surface area contributed by atoms with Crippen molar-refractivity contribution in [1.29, 1.82) is 0 Å². The van der Waals surface area contributed by atoms with Crippen molar-refractivity contribution in [3.63, 3.8) is 0 Å². The van der Waals surface area contributed by atoms with Gasteiger partial charge in [0.05, 0.1) is 23.0 Å². The first kappa shape index (κ1) is 27.0. The van der Waals surface area contributed by atoms with Crippen molar-refractivity contribution in [1.82, 2.24) is 4.90 Å². The number of amides is 3. The fourth-order valence-electron chi connectivity index (χ4n) is 3.58. The van der Waals surface area contributed by atoms with Gasteiger partial charge in [0.15, 0.2) is 18.1 Å². The van der Waals surface area contributed by atoms with Crippen LogP contribution in [0.2, 0.25) is 0 Å². The van der Waals surface area contributed by atoms with Crippen LogP contribution < -0.4 is 14.8 Å². The Morgan fingerprint density at radius 1 is 1.08 bits per heavy atom. The van der Waals surface area contributed by atoms with E-state index in [0.29, 0.717) is 32.1 Å². The Balaban J connectivity index is 1.46. The second-order valence-corrected chi connectivity index (χ2v) is 10.9. The monoisotopic (exact) mass is 644 g/mol. The highest BCUT2D eigenvalue weighted by Crippen LogP contribution is 2.39. The number of hydrogen-bond donors (Lipinski definition) is 1. The number of rotatable bonds is 8. The molecule has 0 aromatic heterocycles. The molecule has 3 amide bonds. The Morgan fingerprint density at radius 3 is 2.54 bits per heavy atom. The first-order valence-electron chi connectivity index (χ1n) is 11.1. The number of carbonyl (C=O) groups is 3. The zero-order chi connectivity index (χ0) is 26.5. The molecule has 0 radical (unpaired) electrons. The molecule has 1 heterocycles. The van der Waals surface area contributed by atoms with Crippen LogP contribution in [0.25, 0.3) is 6.08 Å². The van der Waals surface area contributed by atoms with Gasteiger partial charge >= 0.3 is 0 Å². The summed E-state index contributed by atoms with van der Waals surface area (Å²) in [6.07, 6.45) is 1.63. The number of nitrogens with zero attached hydrogens (tertiary/aromatic N) is 1. The van der Waals surface area contributed by atoms with Crippen LogP contribution in [0.15, 0.2) is 74.5 Å². The van der Waals surface area contributed by atoms with E-state index in [-0.39, 0.29) is 30.2 Å². The number of hydrogen-bond acceptors (Lipinski definition) is 6. The quantitative estimate of drug-likeness (QED) is 0.272. The van der Waals surface area contributed by atoms with E-state index in [2.05, 4.69) is 37.2 Å². The lowest BCUT2D eigenvalue weighted by atomic mass is 10.1. The van der Waals surface area contributed by atoms with Gasteiger partial charge in [-0.1, -0.05) is 40.2 Å². The van der Waals surface area contributed by atoms with Crippen molar-refractivity contribution in [3.05, 3.63) is 91.2 Å². The van der Waals surface area contributed by atoms with Crippen molar-refractivity contribution in [2.75, 3.05) is 19.0 Å². The summed E-state index contributed by atoms with van der Waals surface area (Å²) < 4.78 is 12.7. The molecule has 0 bridgehead atoms. The van der Waals surface area contributed by atoms with Crippen LogP contribution >= 0.6 is 43.6 Å². The molecule has 0 unspecified atom stereocenters. The Labute approximate surface area is 235 Å². The number of carbonyl (C=O) groups excluding carboxylic acids is 3. The van der Waals surface area contributed by atoms with E-state index < -0.39 is 0 Å². The standard InChI is InChI=1S/C27H22Br2N2O5S/c1-16-4-3-5-20(10-16)30-24(32)15-36-25-21(29)11-18(12-22(25)35-2)13-23-26(33)31(27(34)37-23)14-17-6-8-19(28)9-7-17/h3-13H,14-15H2,1-2H3,(H,30,32)/b23-13-. The zero-order valence-corrected chi connectivity index (χ0v) is 23.9. The number of benzene rings is 3. The molecule has 0 saturated carbocycles. The van der Waals surface area contributed by atoms with Crippen LogP contribution in [0.1, 0.15) is 16.7 Å². The maximum Gasteiger partial charge on any atom is 0.293 e. The van der Waals surface area contributed by atoms with Crippen LogP contribution in [-0.2, 0) is 16.1 Å². The average Bonchev–Trinajstić information content (AvgIpc) is 3.11. The molecular weight excluding hydrogens is 624 g/mol. The molecule has 1 fully saturated rings. The minimum Gasteiger partial charge on any atom is -0.493 e. The largest absolute Gasteiger partial charge is 0.493 e. The number of nitrogens with one attached hydrogen (secondary N) is 1. The lowest BCUT2D eigenvalue weighted by Gasteiger charge is -2.14. The smallest absolute Gasteiger partial charge is 0.293 e. The number of methoxy groups -OCH3 is 1. The fourth-order valence-corrected chi connectivity index (χ4v) is 5.26. The molecule has 0 atom stereocenters. The Kier molecular flexibility index (Phi) is 8.73. The van der Waals surface area contributed by atoms with Crippen LogP contribution in [0.3, 0.4) is 0 Å². The van der Waals surface area contributed by atoms with Crippen LogP contribution in [-0.4, -0.2) is 35.7 Å². The predicted octanol–water partition coefficient (Wildman–Crippen LogP) is 6.78. The zero-order valence-electron chi connectivity index (χ0n) is 19.9. The summed E-state index contributed by atoms with van der Waals surface area (Å²) in [5, 5.41) is 2.47. The summed E-state index contributed by atoms with van der Waals surface area (Å²) in [6.45, 7) is 1.91. The van der Waals surface area contributed by atoms with Gasteiger partial charge < -0.3 is 14.8 Å². The number of ether oxygens (including phenoxy) is 2. The predicted molar refractivity (Wildman–Crippen MR) is 152 cm³/mol. The third kappa shape index (κ3) is 6.82. The summed E-state index contributed by atoms with van der Waals surface area (Å²) in [7, 11) is 1.48. The normalized spacial score (nSPS) is 14.3. The van der Waals surface area contributed by atoms with E-state index in [9.17, 15) is 14.4 Å². The third-order valence-electron chi connectivity index (χ3n) is 5.33. The van der Waals surface area contributed by atoms with E-state index in [1.165, 1.54) is 12.0 Å². The van der Waals surface area contributed by atoms with E-state index >= 15 is 0 Å². The van der Waals surface area contributed by atoms with Crippen LogP contribution in [0, 0.1) is 6.92 Å². The number of halogens is 2. The molecule has 10 heteroatoms. The molecule has 0 aliphatic carbocycles. The van der Waals surface area contributed by atoms with Gasteiger partial charge in [-0.25, -0.2) is 0 Å². The van der Waals surface area contributed by atoms with Crippen molar-refractivity contribution in [2.24, 2.45) is 0 Å². The topological polar surface area (TPSA) is 84.9 Å². The SMILES string of the molecule is COc1cc(/C=C2\SC(=O)N(Cc3ccc(Br)cc3)C2=O)cc(Br)c1OCC(=O)Nc1cccc(C)c1. The van der Waals surface area contributed by atoms with Crippen molar-refractivity contribution in [2.45, 2.75) is 13.5 Å². The lowest BCUT2D eigenvalue weighted by Crippen LogP contribution is -2.27. The molecular formula is C27H22Br2N2O5S. The molecule has 1 aliphatic rings. The molecule has 0 spiro atoms. The number of aryl methyl sites for hydroxylation is 1. The molecule has 1 aliphatic heterocycles. The Bertz CT molecular complexity index is 1390. The molecule has 1 N–H and O–H groups in total. The average molecular weight is 646 g/mol. The molecule has 1 saturated heterocycles. The second-order valence-electron chi connectivity index (χ2n) is 8.13. The highest BCUT2D eigenvalue weighted by atomic mass is 79.9. The minimum absolute atomic E-state index is 0.194. The van der Waals surface area contributed by atoms with E-state index in [1.54, 1.807) is 24.3 Å². The Hall–Kier alpha value is -3.08. The second kappa shape index (κ2) is 12.0. The van der Waals surface area contributed by atoms with Gasteiger partial charge in [0.25, 0.3) is 17.1 Å². The third-order valence-corrected chi connectivity index (χ3v) is 7.35. The lowest BCUT2D eigenvalue weighted by molar-refractivity contribution is -0.123. The Morgan fingerprint density at radius 2 is 1.84 bits per heavy atom.